The van der Waals surface area contributed by atoms with Crippen molar-refractivity contribution >= 4 is 35.1 Å². The number of hydrogen-bond acceptors (Lipinski definition) is 7. The molecule has 1 aliphatic heterocycles. The number of nitro groups is 1. The highest BCUT2D eigenvalue weighted by atomic mass is 16.6. The van der Waals surface area contributed by atoms with Crippen LogP contribution in [0.2, 0.25) is 0 Å². The van der Waals surface area contributed by atoms with Crippen LogP contribution in [-0.4, -0.2) is 49.3 Å². The van der Waals surface area contributed by atoms with Crippen LogP contribution in [0, 0.1) is 10.1 Å². The highest BCUT2D eigenvalue weighted by Gasteiger charge is 2.21. The van der Waals surface area contributed by atoms with Crippen LogP contribution in [0.15, 0.2) is 47.6 Å². The quantitative estimate of drug-likeness (QED) is 0.426. The summed E-state index contributed by atoms with van der Waals surface area (Å²) in [5.74, 6) is -0.717. The van der Waals surface area contributed by atoms with E-state index in [0.717, 1.165) is 0 Å². The topological polar surface area (TPSA) is 126 Å². The van der Waals surface area contributed by atoms with Gasteiger partial charge in [0.1, 0.15) is 5.69 Å². The Labute approximate surface area is 172 Å². The summed E-state index contributed by atoms with van der Waals surface area (Å²) in [6.45, 7) is 3.59. The number of nitrogens with one attached hydrogen (secondary N) is 2. The van der Waals surface area contributed by atoms with Gasteiger partial charge in [0.25, 0.3) is 11.6 Å². The summed E-state index contributed by atoms with van der Waals surface area (Å²) in [4.78, 5) is 36.3. The molecule has 2 aromatic carbocycles. The second kappa shape index (κ2) is 9.61. The third-order valence-corrected chi connectivity index (χ3v) is 4.37. The standard InChI is InChI=1S/C20H21N5O5/c1-14(26)22-17-4-2-3-16(12-17)20(27)23-21-13-15-5-6-18(19(11-15)25(28)29)24-7-9-30-10-8-24/h2-6,11-13H,7-10H2,1H3,(H,22,26)(H,23,27)/b21-13+. The van der Waals surface area contributed by atoms with E-state index in [9.17, 15) is 19.7 Å². The summed E-state index contributed by atoms with van der Waals surface area (Å²) in [6, 6.07) is 11.2. The molecule has 3 rings (SSSR count). The molecular weight excluding hydrogens is 390 g/mol. The second-order valence-corrected chi connectivity index (χ2v) is 6.57. The number of amides is 2. The zero-order valence-electron chi connectivity index (χ0n) is 16.3. The van der Waals surface area contributed by atoms with Gasteiger partial charge in [-0.3, -0.25) is 19.7 Å². The van der Waals surface area contributed by atoms with E-state index in [-0.39, 0.29) is 11.6 Å². The molecular formula is C20H21N5O5. The van der Waals surface area contributed by atoms with Gasteiger partial charge in [-0.25, -0.2) is 5.43 Å². The zero-order chi connectivity index (χ0) is 21.5. The lowest BCUT2D eigenvalue weighted by molar-refractivity contribution is -0.384. The SMILES string of the molecule is CC(=O)Nc1cccc(C(=O)N/N=C/c2ccc(N3CCOCC3)c([N+](=O)[O-])c2)c1. The van der Waals surface area contributed by atoms with E-state index < -0.39 is 10.8 Å². The predicted octanol–water partition coefficient (Wildman–Crippen LogP) is 2.15. The molecule has 0 aliphatic carbocycles. The van der Waals surface area contributed by atoms with E-state index in [2.05, 4.69) is 15.8 Å². The number of ether oxygens (including phenoxy) is 1. The van der Waals surface area contributed by atoms with Gasteiger partial charge >= 0.3 is 0 Å². The molecule has 0 aromatic heterocycles. The number of carbonyl (C=O) groups is 2. The summed E-state index contributed by atoms with van der Waals surface area (Å²) in [5.41, 5.74) is 4.15. The molecule has 0 unspecified atom stereocenters. The van der Waals surface area contributed by atoms with Gasteiger partial charge in [0.05, 0.1) is 24.4 Å². The summed E-state index contributed by atoms with van der Waals surface area (Å²) in [7, 11) is 0. The van der Waals surface area contributed by atoms with Gasteiger partial charge in [-0.05, 0) is 24.3 Å². The maximum absolute atomic E-state index is 12.2. The largest absolute Gasteiger partial charge is 0.378 e. The molecule has 30 heavy (non-hydrogen) atoms. The Balaban J connectivity index is 1.70. The molecule has 0 atom stereocenters. The highest BCUT2D eigenvalue weighted by molar-refractivity contribution is 5.97. The zero-order valence-corrected chi connectivity index (χ0v) is 16.3. The summed E-state index contributed by atoms with van der Waals surface area (Å²) < 4.78 is 5.29. The molecule has 2 aromatic rings. The van der Waals surface area contributed by atoms with Crippen LogP contribution in [0.4, 0.5) is 17.1 Å². The molecule has 2 N–H and O–H groups in total. The van der Waals surface area contributed by atoms with Crippen LogP contribution in [-0.2, 0) is 9.53 Å². The number of nitrogens with zero attached hydrogens (tertiary/aromatic N) is 3. The molecule has 0 saturated carbocycles. The fourth-order valence-corrected chi connectivity index (χ4v) is 3.01. The number of nitro benzene ring substituents is 1. The molecule has 2 amide bonds. The summed E-state index contributed by atoms with van der Waals surface area (Å²) in [5, 5.41) is 18.0. The van der Waals surface area contributed by atoms with E-state index in [0.29, 0.717) is 48.8 Å². The number of carbonyl (C=O) groups excluding carboxylic acids is 2. The van der Waals surface area contributed by atoms with E-state index in [1.54, 1.807) is 30.3 Å². The molecule has 10 heteroatoms. The lowest BCUT2D eigenvalue weighted by Crippen LogP contribution is -2.36. The van der Waals surface area contributed by atoms with Crippen LogP contribution in [0.1, 0.15) is 22.8 Å². The Bertz CT molecular complexity index is 985. The Hall–Kier alpha value is -3.79. The Morgan fingerprint density at radius 2 is 1.97 bits per heavy atom. The van der Waals surface area contributed by atoms with Gasteiger partial charge in [0.15, 0.2) is 0 Å². The van der Waals surface area contributed by atoms with Crippen LogP contribution in [0.5, 0.6) is 0 Å². The fourth-order valence-electron chi connectivity index (χ4n) is 3.01. The molecule has 0 bridgehead atoms. The molecule has 1 fully saturated rings. The smallest absolute Gasteiger partial charge is 0.293 e. The van der Waals surface area contributed by atoms with Gasteiger partial charge in [-0.15, -0.1) is 0 Å². The number of rotatable bonds is 6. The van der Waals surface area contributed by atoms with Crippen LogP contribution in [0.25, 0.3) is 0 Å². The maximum atomic E-state index is 12.2. The lowest BCUT2D eigenvalue weighted by Gasteiger charge is -2.28. The molecule has 1 saturated heterocycles. The first kappa shape index (κ1) is 20.9. The monoisotopic (exact) mass is 411 g/mol. The van der Waals surface area contributed by atoms with E-state index in [1.807, 2.05) is 4.90 Å². The van der Waals surface area contributed by atoms with Gasteiger partial charge < -0.3 is 15.0 Å². The summed E-state index contributed by atoms with van der Waals surface area (Å²) in [6.07, 6.45) is 1.34. The normalized spacial score (nSPS) is 13.8. The Morgan fingerprint density at radius 1 is 1.20 bits per heavy atom. The average molecular weight is 411 g/mol. The first-order chi connectivity index (χ1) is 14.4. The van der Waals surface area contributed by atoms with Crippen LogP contribution < -0.4 is 15.6 Å². The number of anilines is 2. The van der Waals surface area contributed by atoms with E-state index in [4.69, 9.17) is 4.74 Å². The van der Waals surface area contributed by atoms with Crippen molar-refractivity contribution in [3.05, 3.63) is 63.7 Å². The van der Waals surface area contributed by atoms with Crippen molar-refractivity contribution in [1.82, 2.24) is 5.43 Å². The number of hydrogen-bond donors (Lipinski definition) is 2. The molecule has 156 valence electrons. The number of hydrazone groups is 1. The van der Waals surface area contributed by atoms with Crippen molar-refractivity contribution < 1.29 is 19.2 Å². The Kier molecular flexibility index (Phi) is 6.71. The maximum Gasteiger partial charge on any atom is 0.293 e. The third kappa shape index (κ3) is 5.39. The second-order valence-electron chi connectivity index (χ2n) is 6.57. The minimum Gasteiger partial charge on any atom is -0.378 e. The minimum atomic E-state index is -0.474. The average Bonchev–Trinajstić information content (AvgIpc) is 2.74. The van der Waals surface area contributed by atoms with Crippen molar-refractivity contribution in [2.45, 2.75) is 6.92 Å². The highest BCUT2D eigenvalue weighted by Crippen LogP contribution is 2.29. The predicted molar refractivity (Wildman–Crippen MR) is 112 cm³/mol. The van der Waals surface area contributed by atoms with Gasteiger partial charge in [-0.2, -0.15) is 5.10 Å². The van der Waals surface area contributed by atoms with Crippen molar-refractivity contribution in [3.8, 4) is 0 Å². The molecule has 10 nitrogen and oxygen atoms in total. The molecule has 0 spiro atoms. The van der Waals surface area contributed by atoms with Crippen molar-refractivity contribution in [1.29, 1.82) is 0 Å². The number of morpholine rings is 1. The molecule has 0 radical (unpaired) electrons. The fraction of sp³-hybridized carbons (Fsp3) is 0.250. The van der Waals surface area contributed by atoms with Gasteiger partial charge in [0, 0.05) is 42.9 Å². The lowest BCUT2D eigenvalue weighted by atomic mass is 10.1. The molecule has 1 aliphatic rings. The van der Waals surface area contributed by atoms with Crippen LogP contribution in [0.3, 0.4) is 0 Å². The van der Waals surface area contributed by atoms with E-state index >= 15 is 0 Å². The minimum absolute atomic E-state index is 0.0322. The van der Waals surface area contributed by atoms with Crippen molar-refractivity contribution in [2.24, 2.45) is 5.10 Å². The van der Waals surface area contributed by atoms with E-state index in [1.165, 1.54) is 25.3 Å². The summed E-state index contributed by atoms with van der Waals surface area (Å²) >= 11 is 0. The third-order valence-electron chi connectivity index (χ3n) is 4.37. The van der Waals surface area contributed by atoms with Crippen LogP contribution >= 0.6 is 0 Å². The molecule has 1 heterocycles. The first-order valence-electron chi connectivity index (χ1n) is 9.26. The van der Waals surface area contributed by atoms with Crippen molar-refractivity contribution in [2.75, 3.05) is 36.5 Å². The van der Waals surface area contributed by atoms with Crippen molar-refractivity contribution in [3.63, 3.8) is 0 Å². The first-order valence-corrected chi connectivity index (χ1v) is 9.26. The van der Waals surface area contributed by atoms with Gasteiger partial charge in [0.2, 0.25) is 5.91 Å². The Morgan fingerprint density at radius 3 is 2.67 bits per heavy atom. The van der Waals surface area contributed by atoms with Gasteiger partial charge in [-0.1, -0.05) is 12.1 Å². The number of benzene rings is 2.